The van der Waals surface area contributed by atoms with Crippen LogP contribution >= 0.6 is 0 Å². The number of benzene rings is 1. The summed E-state index contributed by atoms with van der Waals surface area (Å²) < 4.78 is 7.76. The second-order valence-corrected chi connectivity index (χ2v) is 4.94. The van der Waals surface area contributed by atoms with Gasteiger partial charge in [-0.25, -0.2) is 0 Å². The van der Waals surface area contributed by atoms with Crippen LogP contribution in [0.15, 0.2) is 40.9 Å². The van der Waals surface area contributed by atoms with Crippen LogP contribution in [0.5, 0.6) is 0 Å². The molecule has 3 heterocycles. The number of furan rings is 1. The van der Waals surface area contributed by atoms with Crippen LogP contribution in [0.3, 0.4) is 0 Å². The Labute approximate surface area is 111 Å². The van der Waals surface area contributed by atoms with E-state index < -0.39 is 0 Å². The fourth-order valence-electron chi connectivity index (χ4n) is 2.64. The second kappa shape index (κ2) is 4.16. The van der Waals surface area contributed by atoms with Crippen LogP contribution in [0.25, 0.3) is 16.9 Å². The lowest BCUT2D eigenvalue weighted by molar-refractivity contribution is 0.561. The lowest BCUT2D eigenvalue weighted by Gasteiger charge is -2.06. The number of hydrogen-bond donors (Lipinski definition) is 1. The molecule has 96 valence electrons. The summed E-state index contributed by atoms with van der Waals surface area (Å²) in [5.41, 5.74) is 2.17. The van der Waals surface area contributed by atoms with Crippen molar-refractivity contribution in [3.63, 3.8) is 0 Å². The molecule has 0 unspecified atom stereocenters. The van der Waals surface area contributed by atoms with E-state index in [0.29, 0.717) is 0 Å². The molecule has 0 saturated carbocycles. The molecule has 0 aliphatic carbocycles. The molecule has 4 heteroatoms. The number of aromatic nitrogens is 2. The van der Waals surface area contributed by atoms with Gasteiger partial charge in [0, 0.05) is 23.6 Å². The van der Waals surface area contributed by atoms with E-state index in [0.717, 1.165) is 35.6 Å². The molecule has 0 bridgehead atoms. The standard InChI is InChI=1S/C15H15N3O/c1-2-7-13-11(5-1)9-14(19-13)18-15-12(10-17-18)6-3-4-8-16-15/h1-2,5,7,9-10,16H,3-4,6,8H2. The van der Waals surface area contributed by atoms with Gasteiger partial charge in [0.05, 0.1) is 6.20 Å². The molecule has 4 nitrogen and oxygen atoms in total. The monoisotopic (exact) mass is 253 g/mol. The Balaban J connectivity index is 1.85. The van der Waals surface area contributed by atoms with E-state index >= 15 is 0 Å². The maximum atomic E-state index is 5.88. The third-order valence-corrected chi connectivity index (χ3v) is 3.63. The van der Waals surface area contributed by atoms with Crippen molar-refractivity contribution in [1.29, 1.82) is 0 Å². The molecule has 0 atom stereocenters. The fraction of sp³-hybridized carbons (Fsp3) is 0.267. The Kier molecular flexibility index (Phi) is 2.33. The van der Waals surface area contributed by atoms with E-state index in [-0.39, 0.29) is 0 Å². The van der Waals surface area contributed by atoms with Gasteiger partial charge in [-0.1, -0.05) is 18.2 Å². The van der Waals surface area contributed by atoms with Gasteiger partial charge < -0.3 is 9.73 Å². The fourth-order valence-corrected chi connectivity index (χ4v) is 2.64. The normalized spacial score (nSPS) is 14.9. The van der Waals surface area contributed by atoms with Gasteiger partial charge in [0.1, 0.15) is 11.4 Å². The highest BCUT2D eigenvalue weighted by Gasteiger charge is 2.16. The summed E-state index contributed by atoms with van der Waals surface area (Å²) in [5, 5.41) is 9.03. The largest absolute Gasteiger partial charge is 0.438 e. The van der Waals surface area contributed by atoms with Crippen LogP contribution in [0.4, 0.5) is 5.82 Å². The third kappa shape index (κ3) is 1.71. The number of anilines is 1. The Morgan fingerprint density at radius 1 is 1.21 bits per heavy atom. The molecule has 1 N–H and O–H groups in total. The molecule has 0 saturated heterocycles. The van der Waals surface area contributed by atoms with E-state index in [4.69, 9.17) is 4.42 Å². The molecular weight excluding hydrogens is 238 g/mol. The van der Waals surface area contributed by atoms with Crippen LogP contribution < -0.4 is 5.32 Å². The van der Waals surface area contributed by atoms with Crippen molar-refractivity contribution in [1.82, 2.24) is 9.78 Å². The predicted molar refractivity (Wildman–Crippen MR) is 74.8 cm³/mol. The third-order valence-electron chi connectivity index (χ3n) is 3.63. The van der Waals surface area contributed by atoms with E-state index in [1.54, 1.807) is 0 Å². The first kappa shape index (κ1) is 10.7. The number of nitrogens with zero attached hydrogens (tertiary/aromatic N) is 2. The Hall–Kier alpha value is -2.23. The molecule has 1 aromatic carbocycles. The summed E-state index contributed by atoms with van der Waals surface area (Å²) in [7, 11) is 0. The summed E-state index contributed by atoms with van der Waals surface area (Å²) in [6.07, 6.45) is 5.45. The summed E-state index contributed by atoms with van der Waals surface area (Å²) >= 11 is 0. The van der Waals surface area contributed by atoms with Gasteiger partial charge in [-0.05, 0) is 25.3 Å². The second-order valence-electron chi connectivity index (χ2n) is 4.94. The smallest absolute Gasteiger partial charge is 0.223 e. The number of fused-ring (bicyclic) bond motifs is 2. The number of aryl methyl sites for hydroxylation is 1. The van der Waals surface area contributed by atoms with Gasteiger partial charge >= 0.3 is 0 Å². The van der Waals surface area contributed by atoms with E-state index in [1.807, 2.05) is 35.1 Å². The van der Waals surface area contributed by atoms with Crippen molar-refractivity contribution < 1.29 is 4.42 Å². The summed E-state index contributed by atoms with van der Waals surface area (Å²) in [4.78, 5) is 0. The summed E-state index contributed by atoms with van der Waals surface area (Å²) in [6.45, 7) is 0.999. The first-order valence-corrected chi connectivity index (χ1v) is 6.71. The molecular formula is C15H15N3O. The number of rotatable bonds is 1. The lowest BCUT2D eigenvalue weighted by atomic mass is 10.2. The average Bonchev–Trinajstić information content (AvgIpc) is 2.96. The van der Waals surface area contributed by atoms with E-state index in [2.05, 4.69) is 16.5 Å². The lowest BCUT2D eigenvalue weighted by Crippen LogP contribution is -2.06. The van der Waals surface area contributed by atoms with Crippen molar-refractivity contribution in [2.45, 2.75) is 19.3 Å². The zero-order valence-corrected chi connectivity index (χ0v) is 10.6. The molecule has 0 spiro atoms. The molecule has 0 amide bonds. The van der Waals surface area contributed by atoms with Crippen molar-refractivity contribution >= 4 is 16.8 Å². The van der Waals surface area contributed by atoms with E-state index in [9.17, 15) is 0 Å². The Bertz CT molecular complexity index is 693. The average molecular weight is 253 g/mol. The Morgan fingerprint density at radius 3 is 3.11 bits per heavy atom. The van der Waals surface area contributed by atoms with E-state index in [1.165, 1.54) is 18.4 Å². The number of para-hydroxylation sites is 1. The van der Waals surface area contributed by atoms with Crippen molar-refractivity contribution in [2.24, 2.45) is 0 Å². The summed E-state index contributed by atoms with van der Waals surface area (Å²) in [5.74, 6) is 1.86. The van der Waals surface area contributed by atoms with Crippen LogP contribution in [0.2, 0.25) is 0 Å². The first-order valence-electron chi connectivity index (χ1n) is 6.71. The van der Waals surface area contributed by atoms with Crippen molar-refractivity contribution in [3.05, 3.63) is 42.1 Å². The molecule has 1 aliphatic rings. The topological polar surface area (TPSA) is 43.0 Å². The number of nitrogens with one attached hydrogen (secondary N) is 1. The highest BCUT2D eigenvalue weighted by molar-refractivity contribution is 5.79. The summed E-state index contributed by atoms with van der Waals surface area (Å²) in [6, 6.07) is 10.1. The van der Waals surface area contributed by atoms with Crippen LogP contribution in [0.1, 0.15) is 18.4 Å². The minimum atomic E-state index is 0.775. The highest BCUT2D eigenvalue weighted by Crippen LogP contribution is 2.27. The van der Waals surface area contributed by atoms with Crippen LogP contribution in [-0.4, -0.2) is 16.3 Å². The van der Waals surface area contributed by atoms with Gasteiger partial charge in [-0.15, -0.1) is 0 Å². The van der Waals surface area contributed by atoms with Crippen molar-refractivity contribution in [3.8, 4) is 5.88 Å². The molecule has 1 aliphatic heterocycles. The first-order chi connectivity index (χ1) is 9.42. The van der Waals surface area contributed by atoms with Gasteiger partial charge in [0.15, 0.2) is 0 Å². The van der Waals surface area contributed by atoms with Crippen LogP contribution in [-0.2, 0) is 6.42 Å². The minimum Gasteiger partial charge on any atom is -0.438 e. The van der Waals surface area contributed by atoms with Crippen LogP contribution in [0, 0.1) is 0 Å². The zero-order valence-electron chi connectivity index (χ0n) is 10.6. The minimum absolute atomic E-state index is 0.775. The maximum absolute atomic E-state index is 5.88. The maximum Gasteiger partial charge on any atom is 0.223 e. The quantitative estimate of drug-likeness (QED) is 0.723. The van der Waals surface area contributed by atoms with Gasteiger partial charge in [-0.2, -0.15) is 9.78 Å². The van der Waals surface area contributed by atoms with Crippen molar-refractivity contribution in [2.75, 3.05) is 11.9 Å². The van der Waals surface area contributed by atoms with Gasteiger partial charge in [0.2, 0.25) is 5.88 Å². The predicted octanol–water partition coefficient (Wildman–Crippen LogP) is 3.37. The molecule has 0 fully saturated rings. The SMILES string of the molecule is c1ccc2oc(-n3ncc4c3NCCCC4)cc2c1. The molecule has 0 radical (unpaired) electrons. The zero-order chi connectivity index (χ0) is 12.7. The number of hydrogen-bond acceptors (Lipinski definition) is 3. The molecule has 2 aromatic heterocycles. The van der Waals surface area contributed by atoms with Gasteiger partial charge in [0.25, 0.3) is 0 Å². The van der Waals surface area contributed by atoms with Gasteiger partial charge in [-0.3, -0.25) is 0 Å². The Morgan fingerprint density at radius 2 is 2.16 bits per heavy atom. The molecule has 19 heavy (non-hydrogen) atoms. The highest BCUT2D eigenvalue weighted by atomic mass is 16.4. The molecule has 4 rings (SSSR count). The molecule has 3 aromatic rings.